The van der Waals surface area contributed by atoms with Crippen LogP contribution in [0.3, 0.4) is 0 Å². The van der Waals surface area contributed by atoms with Crippen LogP contribution < -0.4 is 5.73 Å². The Kier molecular flexibility index (Phi) is 1.99. The lowest BCUT2D eigenvalue weighted by molar-refractivity contribution is 0.479. The molecule has 0 aliphatic rings. The van der Waals surface area contributed by atoms with Gasteiger partial charge in [-0.1, -0.05) is 23.7 Å². The van der Waals surface area contributed by atoms with Crippen LogP contribution in [0.15, 0.2) is 30.3 Å². The molecular weight excluding hydrogens is 242 g/mol. The van der Waals surface area contributed by atoms with E-state index < -0.39 is 0 Å². The number of hydrogen-bond donors (Lipinski definition) is 2. The maximum absolute atomic E-state index is 9.61. The molecule has 0 atom stereocenters. The fourth-order valence-corrected chi connectivity index (χ4v) is 3.24. The second-order valence-electron chi connectivity index (χ2n) is 3.63. The number of rotatable bonds is 0. The van der Waals surface area contributed by atoms with Crippen molar-refractivity contribution in [2.24, 2.45) is 0 Å². The molecule has 0 spiro atoms. The lowest BCUT2D eigenvalue weighted by Crippen LogP contribution is -1.83. The van der Waals surface area contributed by atoms with Gasteiger partial charge in [-0.05, 0) is 18.2 Å². The van der Waals surface area contributed by atoms with Crippen molar-refractivity contribution in [2.45, 2.75) is 0 Å². The highest BCUT2D eigenvalue weighted by Gasteiger charge is 2.09. The number of anilines is 1. The van der Waals surface area contributed by atoms with Gasteiger partial charge in [-0.3, -0.25) is 0 Å². The first-order valence-corrected chi connectivity index (χ1v) is 5.95. The minimum Gasteiger partial charge on any atom is -0.506 e. The van der Waals surface area contributed by atoms with Gasteiger partial charge in [0, 0.05) is 15.5 Å². The maximum Gasteiger partial charge on any atom is 0.139 e. The second kappa shape index (κ2) is 3.27. The third kappa shape index (κ3) is 1.25. The minimum atomic E-state index is 0.118. The Labute approximate surface area is 101 Å². The van der Waals surface area contributed by atoms with Gasteiger partial charge in [0.15, 0.2) is 0 Å². The van der Waals surface area contributed by atoms with Crippen molar-refractivity contribution >= 4 is 48.8 Å². The number of benzene rings is 2. The Bertz CT molecular complexity index is 705. The van der Waals surface area contributed by atoms with Gasteiger partial charge in [-0.2, -0.15) is 0 Å². The zero-order chi connectivity index (χ0) is 11.3. The molecule has 16 heavy (non-hydrogen) atoms. The Hall–Kier alpha value is -1.45. The summed E-state index contributed by atoms with van der Waals surface area (Å²) in [5.41, 5.74) is 6.07. The highest BCUT2D eigenvalue weighted by molar-refractivity contribution is 7.26. The summed E-state index contributed by atoms with van der Waals surface area (Å²) in [5, 5.41) is 12.4. The number of aromatic hydroxyl groups is 1. The van der Waals surface area contributed by atoms with Crippen LogP contribution >= 0.6 is 22.9 Å². The molecule has 0 saturated carbocycles. The summed E-state index contributed by atoms with van der Waals surface area (Å²) in [7, 11) is 0. The lowest BCUT2D eigenvalue weighted by atomic mass is 10.1. The predicted molar refractivity (Wildman–Crippen MR) is 70.4 cm³/mol. The topological polar surface area (TPSA) is 46.2 Å². The molecule has 2 nitrogen and oxygen atoms in total. The smallest absolute Gasteiger partial charge is 0.139 e. The van der Waals surface area contributed by atoms with Crippen LogP contribution in [-0.4, -0.2) is 5.11 Å². The number of hydrogen-bond acceptors (Lipinski definition) is 3. The van der Waals surface area contributed by atoms with Crippen molar-refractivity contribution in [3.63, 3.8) is 0 Å². The molecule has 1 heterocycles. The normalized spacial score (nSPS) is 11.3. The first-order chi connectivity index (χ1) is 7.66. The molecule has 4 heteroatoms. The number of thiophene rings is 1. The number of halogens is 1. The Morgan fingerprint density at radius 2 is 2.00 bits per heavy atom. The number of nitrogen functional groups attached to an aromatic ring is 1. The average Bonchev–Trinajstić information content (AvgIpc) is 2.59. The largest absolute Gasteiger partial charge is 0.506 e. The molecule has 0 bridgehead atoms. The van der Waals surface area contributed by atoms with E-state index in [0.29, 0.717) is 5.69 Å². The second-order valence-corrected chi connectivity index (χ2v) is 5.09. The molecule has 2 aromatic carbocycles. The summed E-state index contributed by atoms with van der Waals surface area (Å²) < 4.78 is 2.07. The summed E-state index contributed by atoms with van der Waals surface area (Å²) >= 11 is 7.71. The van der Waals surface area contributed by atoms with E-state index in [2.05, 4.69) is 0 Å². The van der Waals surface area contributed by atoms with Crippen LogP contribution in [0, 0.1) is 0 Å². The number of nitrogens with two attached hydrogens (primary N) is 1. The zero-order valence-corrected chi connectivity index (χ0v) is 9.77. The van der Waals surface area contributed by atoms with Gasteiger partial charge in [0.25, 0.3) is 0 Å². The number of phenols is 1. The summed E-state index contributed by atoms with van der Waals surface area (Å²) in [6.45, 7) is 0. The van der Waals surface area contributed by atoms with E-state index in [1.807, 2.05) is 18.2 Å². The molecule has 0 aliphatic heterocycles. The summed E-state index contributed by atoms with van der Waals surface area (Å²) in [5.74, 6) is 0.118. The SMILES string of the molecule is Nc1cc2sc3c(Cl)cccc3c2cc1O. The fraction of sp³-hybridized carbons (Fsp3) is 0. The third-order valence-corrected chi connectivity index (χ3v) is 4.23. The summed E-state index contributed by atoms with van der Waals surface area (Å²) in [6.07, 6.45) is 0. The van der Waals surface area contributed by atoms with E-state index in [1.165, 1.54) is 0 Å². The molecule has 0 unspecified atom stereocenters. The van der Waals surface area contributed by atoms with Crippen molar-refractivity contribution in [3.8, 4) is 5.75 Å². The van der Waals surface area contributed by atoms with E-state index in [4.69, 9.17) is 17.3 Å². The molecule has 0 saturated heterocycles. The van der Waals surface area contributed by atoms with Gasteiger partial charge in [0.05, 0.1) is 15.4 Å². The number of phenolic OH excluding ortho intramolecular Hbond substituents is 1. The van der Waals surface area contributed by atoms with Gasteiger partial charge in [-0.15, -0.1) is 11.3 Å². The van der Waals surface area contributed by atoms with Crippen LogP contribution in [0.4, 0.5) is 5.69 Å². The van der Waals surface area contributed by atoms with Crippen molar-refractivity contribution in [1.82, 2.24) is 0 Å². The van der Waals surface area contributed by atoms with Crippen molar-refractivity contribution in [2.75, 3.05) is 5.73 Å². The molecule has 0 aliphatic carbocycles. The molecule has 0 amide bonds. The Balaban J connectivity index is 2.56. The van der Waals surface area contributed by atoms with E-state index in [1.54, 1.807) is 23.5 Å². The predicted octanol–water partition coefficient (Wildman–Crippen LogP) is 4.00. The third-order valence-electron chi connectivity index (χ3n) is 2.60. The molecule has 80 valence electrons. The Morgan fingerprint density at radius 1 is 1.19 bits per heavy atom. The van der Waals surface area contributed by atoms with Crippen LogP contribution in [0.5, 0.6) is 5.75 Å². The Morgan fingerprint density at radius 3 is 2.81 bits per heavy atom. The quantitative estimate of drug-likeness (QED) is 0.467. The fourth-order valence-electron chi connectivity index (χ4n) is 1.81. The standard InChI is InChI=1S/C12H8ClNOS/c13-8-3-1-2-6-7-4-10(15)9(14)5-11(7)16-12(6)8/h1-5,15H,14H2. The van der Waals surface area contributed by atoms with Gasteiger partial charge in [0.2, 0.25) is 0 Å². The van der Waals surface area contributed by atoms with Gasteiger partial charge >= 0.3 is 0 Å². The first kappa shape index (κ1) is 9.75. The van der Waals surface area contributed by atoms with Crippen LogP contribution in [0.2, 0.25) is 5.02 Å². The van der Waals surface area contributed by atoms with Gasteiger partial charge in [0.1, 0.15) is 5.75 Å². The molecule has 0 fully saturated rings. The summed E-state index contributed by atoms with van der Waals surface area (Å²) in [6, 6.07) is 9.24. The molecule has 3 N–H and O–H groups in total. The first-order valence-electron chi connectivity index (χ1n) is 4.76. The lowest BCUT2D eigenvalue weighted by Gasteiger charge is -1.98. The van der Waals surface area contributed by atoms with Crippen molar-refractivity contribution in [1.29, 1.82) is 0 Å². The highest BCUT2D eigenvalue weighted by atomic mass is 35.5. The van der Waals surface area contributed by atoms with Crippen LogP contribution in [-0.2, 0) is 0 Å². The number of fused-ring (bicyclic) bond motifs is 3. The van der Waals surface area contributed by atoms with Gasteiger partial charge < -0.3 is 10.8 Å². The molecule has 3 rings (SSSR count). The van der Waals surface area contributed by atoms with E-state index in [0.717, 1.165) is 25.2 Å². The molecular formula is C12H8ClNOS. The zero-order valence-electron chi connectivity index (χ0n) is 8.20. The van der Waals surface area contributed by atoms with Crippen LogP contribution in [0.25, 0.3) is 20.2 Å². The van der Waals surface area contributed by atoms with E-state index >= 15 is 0 Å². The molecule has 1 aromatic heterocycles. The van der Waals surface area contributed by atoms with Gasteiger partial charge in [-0.25, -0.2) is 0 Å². The van der Waals surface area contributed by atoms with E-state index in [-0.39, 0.29) is 5.75 Å². The molecule has 0 radical (unpaired) electrons. The van der Waals surface area contributed by atoms with E-state index in [9.17, 15) is 5.11 Å². The molecule has 3 aromatic rings. The van der Waals surface area contributed by atoms with Crippen LogP contribution in [0.1, 0.15) is 0 Å². The maximum atomic E-state index is 9.61. The average molecular weight is 250 g/mol. The minimum absolute atomic E-state index is 0.118. The highest BCUT2D eigenvalue weighted by Crippen LogP contribution is 2.40. The van der Waals surface area contributed by atoms with Crippen molar-refractivity contribution in [3.05, 3.63) is 35.4 Å². The monoisotopic (exact) mass is 249 g/mol. The van der Waals surface area contributed by atoms with Crippen molar-refractivity contribution < 1.29 is 5.11 Å². The summed E-state index contributed by atoms with van der Waals surface area (Å²) in [4.78, 5) is 0.